The summed E-state index contributed by atoms with van der Waals surface area (Å²) in [5.74, 6) is 1.57. The van der Waals surface area contributed by atoms with E-state index in [9.17, 15) is 4.79 Å². The van der Waals surface area contributed by atoms with Gasteiger partial charge in [0.15, 0.2) is 0 Å². The third kappa shape index (κ3) is 3.89. The van der Waals surface area contributed by atoms with E-state index < -0.39 is 12.1 Å². The Labute approximate surface area is 172 Å². The van der Waals surface area contributed by atoms with Crippen LogP contribution >= 0.6 is 0 Å². The fraction of sp³-hybridized carbons (Fsp3) is 0.400. The summed E-state index contributed by atoms with van der Waals surface area (Å²) in [6.45, 7) is 8.40. The lowest BCUT2D eigenvalue weighted by Gasteiger charge is -2.25. The van der Waals surface area contributed by atoms with Crippen LogP contribution in [0.25, 0.3) is 11.1 Å². The summed E-state index contributed by atoms with van der Waals surface area (Å²) in [6, 6.07) is 10.7. The Balaban J connectivity index is 1.92. The number of esters is 1. The summed E-state index contributed by atoms with van der Waals surface area (Å²) < 4.78 is 16.8. The minimum atomic E-state index is -0.835. The van der Waals surface area contributed by atoms with Gasteiger partial charge in [-0.3, -0.25) is 0 Å². The number of hydrogen-bond acceptors (Lipinski definition) is 4. The molecule has 0 bridgehead atoms. The Morgan fingerprint density at radius 1 is 1.24 bits per heavy atom. The van der Waals surface area contributed by atoms with Crippen molar-refractivity contribution in [3.8, 4) is 16.9 Å². The Morgan fingerprint density at radius 2 is 2.03 bits per heavy atom. The van der Waals surface area contributed by atoms with Gasteiger partial charge in [-0.05, 0) is 85.4 Å². The number of rotatable bonds is 6. The quantitative estimate of drug-likeness (QED) is 0.472. The van der Waals surface area contributed by atoms with Gasteiger partial charge in [0.2, 0.25) is 6.10 Å². The number of hydrogen-bond donors (Lipinski definition) is 0. The van der Waals surface area contributed by atoms with Crippen LogP contribution in [0.15, 0.2) is 42.7 Å². The predicted molar refractivity (Wildman–Crippen MR) is 113 cm³/mol. The zero-order valence-electron chi connectivity index (χ0n) is 17.4. The highest BCUT2D eigenvalue weighted by molar-refractivity contribution is 5.84. The number of allylic oxidation sites excluding steroid dienone is 1. The third-order valence-corrected chi connectivity index (χ3v) is 5.71. The zero-order valence-corrected chi connectivity index (χ0v) is 17.4. The van der Waals surface area contributed by atoms with Crippen LogP contribution in [-0.4, -0.2) is 19.7 Å². The van der Waals surface area contributed by atoms with Gasteiger partial charge in [-0.15, -0.1) is 0 Å². The monoisotopic (exact) mass is 392 g/mol. The van der Waals surface area contributed by atoms with E-state index in [1.54, 1.807) is 6.92 Å². The van der Waals surface area contributed by atoms with Crippen molar-refractivity contribution >= 4 is 5.97 Å². The second-order valence-corrected chi connectivity index (χ2v) is 8.03. The minimum absolute atomic E-state index is 0.411. The van der Waals surface area contributed by atoms with Crippen molar-refractivity contribution in [3.05, 3.63) is 64.9 Å². The summed E-state index contributed by atoms with van der Waals surface area (Å²) in [7, 11) is 1.40. The molecule has 4 heteroatoms. The van der Waals surface area contributed by atoms with Gasteiger partial charge in [0, 0.05) is 5.56 Å². The Morgan fingerprint density at radius 3 is 2.72 bits per heavy atom. The molecule has 0 amide bonds. The molecule has 0 aromatic heterocycles. The summed E-state index contributed by atoms with van der Waals surface area (Å²) in [4.78, 5) is 12.7. The highest BCUT2D eigenvalue weighted by Gasteiger charge is 2.34. The molecule has 1 aliphatic heterocycles. The highest BCUT2D eigenvalue weighted by Crippen LogP contribution is 2.48. The SMILES string of the molecule is C=C(C)OC(C(=O)OC)c1c(C)ccc(C2CC2)c1-c1ccc2c(c1)CCCO2. The number of benzene rings is 2. The van der Waals surface area contributed by atoms with Crippen LogP contribution in [0.3, 0.4) is 0 Å². The molecule has 0 spiro atoms. The molecule has 2 aliphatic rings. The molecule has 2 aromatic rings. The average molecular weight is 392 g/mol. The van der Waals surface area contributed by atoms with Crippen molar-refractivity contribution in [2.45, 2.75) is 51.6 Å². The Kier molecular flexibility index (Phi) is 5.35. The zero-order chi connectivity index (χ0) is 20.5. The molecule has 1 aliphatic carbocycles. The maximum absolute atomic E-state index is 12.7. The molecule has 152 valence electrons. The fourth-order valence-electron chi connectivity index (χ4n) is 4.18. The number of fused-ring (bicyclic) bond motifs is 1. The Bertz CT molecular complexity index is 956. The second kappa shape index (κ2) is 7.94. The number of carbonyl (C=O) groups excluding carboxylic acids is 1. The molecule has 4 nitrogen and oxygen atoms in total. The maximum atomic E-state index is 12.7. The fourth-order valence-corrected chi connectivity index (χ4v) is 4.18. The first kappa shape index (κ1) is 19.6. The van der Waals surface area contributed by atoms with Gasteiger partial charge < -0.3 is 14.2 Å². The molecule has 1 heterocycles. The molecule has 29 heavy (non-hydrogen) atoms. The van der Waals surface area contributed by atoms with Gasteiger partial charge in [0.05, 0.1) is 19.5 Å². The lowest BCUT2D eigenvalue weighted by Crippen LogP contribution is -2.19. The van der Waals surface area contributed by atoms with Crippen molar-refractivity contribution in [2.24, 2.45) is 0 Å². The summed E-state index contributed by atoms with van der Waals surface area (Å²) in [5.41, 5.74) is 6.59. The first-order chi connectivity index (χ1) is 14.0. The molecular weight excluding hydrogens is 364 g/mol. The molecule has 0 N–H and O–H groups in total. The van der Waals surface area contributed by atoms with E-state index in [1.807, 2.05) is 6.92 Å². The van der Waals surface area contributed by atoms with Crippen LogP contribution in [0.5, 0.6) is 5.75 Å². The van der Waals surface area contributed by atoms with Crippen LogP contribution in [-0.2, 0) is 20.7 Å². The van der Waals surface area contributed by atoms with Crippen LogP contribution in [0.4, 0.5) is 0 Å². The molecule has 1 unspecified atom stereocenters. The summed E-state index contributed by atoms with van der Waals surface area (Å²) >= 11 is 0. The molecule has 2 aromatic carbocycles. The minimum Gasteiger partial charge on any atom is -0.493 e. The van der Waals surface area contributed by atoms with E-state index in [0.717, 1.165) is 47.5 Å². The number of carbonyl (C=O) groups is 1. The summed E-state index contributed by atoms with van der Waals surface area (Å²) in [5, 5.41) is 0. The third-order valence-electron chi connectivity index (χ3n) is 5.71. The molecule has 0 radical (unpaired) electrons. The van der Waals surface area contributed by atoms with Crippen molar-refractivity contribution in [1.82, 2.24) is 0 Å². The van der Waals surface area contributed by atoms with Crippen LogP contribution < -0.4 is 4.74 Å². The molecule has 0 saturated heterocycles. The molecule has 1 atom stereocenters. The van der Waals surface area contributed by atoms with E-state index in [0.29, 0.717) is 11.7 Å². The van der Waals surface area contributed by atoms with Gasteiger partial charge in [0.25, 0.3) is 0 Å². The number of ether oxygens (including phenoxy) is 3. The van der Waals surface area contributed by atoms with Crippen LogP contribution in [0.2, 0.25) is 0 Å². The lowest BCUT2D eigenvalue weighted by atomic mass is 9.85. The van der Waals surface area contributed by atoms with E-state index in [4.69, 9.17) is 14.2 Å². The highest BCUT2D eigenvalue weighted by atomic mass is 16.6. The smallest absolute Gasteiger partial charge is 0.351 e. The van der Waals surface area contributed by atoms with Crippen molar-refractivity contribution < 1.29 is 19.0 Å². The molecule has 4 rings (SSSR count). The van der Waals surface area contributed by atoms with Gasteiger partial charge in [0.1, 0.15) is 5.75 Å². The summed E-state index contributed by atoms with van der Waals surface area (Å²) in [6.07, 6.45) is 3.54. The van der Waals surface area contributed by atoms with Crippen molar-refractivity contribution in [2.75, 3.05) is 13.7 Å². The maximum Gasteiger partial charge on any atom is 0.351 e. The van der Waals surface area contributed by atoms with Crippen LogP contribution in [0, 0.1) is 6.92 Å². The predicted octanol–water partition coefficient (Wildman–Crippen LogP) is 5.63. The first-order valence-corrected chi connectivity index (χ1v) is 10.3. The van der Waals surface area contributed by atoms with Crippen LogP contribution in [0.1, 0.15) is 60.5 Å². The van der Waals surface area contributed by atoms with Gasteiger partial charge in [-0.25, -0.2) is 4.79 Å². The van der Waals surface area contributed by atoms with Gasteiger partial charge in [-0.2, -0.15) is 0 Å². The standard InChI is InChI=1S/C25H28O4/c1-15(2)29-24(25(26)27-4)22-16(3)7-11-20(17-8-9-17)23(22)19-10-12-21-18(14-19)6-5-13-28-21/h7,10-12,14,17,24H,1,5-6,8-9,13H2,2-4H3. The molecular formula is C25H28O4. The lowest BCUT2D eigenvalue weighted by molar-refractivity contribution is -0.152. The first-order valence-electron chi connectivity index (χ1n) is 10.3. The molecule has 1 fully saturated rings. The normalized spacial score (nSPS) is 16.4. The van der Waals surface area contributed by atoms with E-state index in [-0.39, 0.29) is 0 Å². The van der Waals surface area contributed by atoms with Gasteiger partial charge in [-0.1, -0.05) is 24.8 Å². The topological polar surface area (TPSA) is 44.8 Å². The van der Waals surface area contributed by atoms with E-state index >= 15 is 0 Å². The van der Waals surface area contributed by atoms with Crippen molar-refractivity contribution in [1.29, 1.82) is 0 Å². The number of methoxy groups -OCH3 is 1. The molecule has 1 saturated carbocycles. The Hall–Kier alpha value is -2.75. The van der Waals surface area contributed by atoms with E-state index in [1.165, 1.54) is 31.1 Å². The van der Waals surface area contributed by atoms with Gasteiger partial charge >= 0.3 is 5.97 Å². The number of aryl methyl sites for hydroxylation is 2. The van der Waals surface area contributed by atoms with Crippen molar-refractivity contribution in [3.63, 3.8) is 0 Å². The largest absolute Gasteiger partial charge is 0.493 e. The second-order valence-electron chi connectivity index (χ2n) is 8.03. The average Bonchev–Trinajstić information content (AvgIpc) is 3.56. The van der Waals surface area contributed by atoms with E-state index in [2.05, 4.69) is 36.9 Å².